The summed E-state index contributed by atoms with van der Waals surface area (Å²) < 4.78 is 7.47. The van der Waals surface area contributed by atoms with Gasteiger partial charge in [-0.05, 0) is 25.8 Å². The maximum absolute atomic E-state index is 12.4. The van der Waals surface area contributed by atoms with Gasteiger partial charge in [0.25, 0.3) is 5.91 Å². The van der Waals surface area contributed by atoms with Crippen molar-refractivity contribution in [3.05, 3.63) is 36.0 Å². The molecule has 0 saturated heterocycles. The van der Waals surface area contributed by atoms with Gasteiger partial charge in [0, 0.05) is 25.2 Å². The van der Waals surface area contributed by atoms with E-state index in [4.69, 9.17) is 4.74 Å². The molecule has 0 spiro atoms. The number of pyridine rings is 1. The van der Waals surface area contributed by atoms with Crippen LogP contribution in [0, 0.1) is 0 Å². The summed E-state index contributed by atoms with van der Waals surface area (Å²) in [6.45, 7) is 4.60. The van der Waals surface area contributed by atoms with Crippen LogP contribution in [0.4, 0.5) is 0 Å². The third-order valence-electron chi connectivity index (χ3n) is 3.86. The number of aromatic nitrogens is 4. The van der Waals surface area contributed by atoms with Crippen LogP contribution in [-0.2, 0) is 17.8 Å². The topological polar surface area (TPSA) is 81.9 Å². The van der Waals surface area contributed by atoms with Gasteiger partial charge in [-0.2, -0.15) is 5.10 Å². The van der Waals surface area contributed by atoms with Crippen molar-refractivity contribution in [2.45, 2.75) is 51.8 Å². The first-order valence-corrected chi connectivity index (χ1v) is 7.99. The average Bonchev–Trinajstić information content (AvgIpc) is 3.00. The first-order chi connectivity index (χ1) is 11.2. The van der Waals surface area contributed by atoms with Gasteiger partial charge >= 0.3 is 0 Å². The Morgan fingerprint density at radius 1 is 1.52 bits per heavy atom. The minimum absolute atomic E-state index is 0.112. The number of nitrogens with one attached hydrogen (secondary N) is 1. The fourth-order valence-corrected chi connectivity index (χ4v) is 2.63. The Hall–Kier alpha value is -2.44. The molecule has 2 aromatic heterocycles. The lowest BCUT2D eigenvalue weighted by atomic mass is 10.1. The highest BCUT2D eigenvalue weighted by atomic mass is 16.5. The lowest BCUT2D eigenvalue weighted by Gasteiger charge is -2.24. The Labute approximate surface area is 135 Å². The highest BCUT2D eigenvalue weighted by molar-refractivity contribution is 5.81. The minimum atomic E-state index is -0.617. The van der Waals surface area contributed by atoms with Crippen LogP contribution in [0.1, 0.15) is 44.4 Å². The second-order valence-electron chi connectivity index (χ2n) is 5.59. The molecule has 23 heavy (non-hydrogen) atoms. The van der Waals surface area contributed by atoms with Crippen LogP contribution < -0.4 is 10.1 Å². The number of carbonyl (C=O) groups excluding carboxylic acids is 1. The summed E-state index contributed by atoms with van der Waals surface area (Å²) in [5, 5.41) is 7.47. The monoisotopic (exact) mass is 315 g/mol. The molecule has 0 bridgehead atoms. The molecular weight excluding hydrogens is 294 g/mol. The van der Waals surface area contributed by atoms with Crippen molar-refractivity contribution in [1.29, 1.82) is 0 Å². The molecular formula is C16H21N5O2. The largest absolute Gasteiger partial charge is 0.465 e. The predicted molar refractivity (Wildman–Crippen MR) is 83.8 cm³/mol. The zero-order chi connectivity index (χ0) is 16.2. The summed E-state index contributed by atoms with van der Waals surface area (Å²) >= 11 is 0. The molecule has 2 aromatic rings. The first-order valence-electron chi connectivity index (χ1n) is 7.99. The SMILES string of the molecule is CCc1nc2n(n1)CCC[C@H]2NC(=O)[C@@H](C)Oc1ccccn1. The van der Waals surface area contributed by atoms with E-state index in [1.807, 2.05) is 17.7 Å². The number of aryl methyl sites for hydroxylation is 2. The Morgan fingerprint density at radius 3 is 3.13 bits per heavy atom. The molecule has 7 heteroatoms. The van der Waals surface area contributed by atoms with Gasteiger partial charge in [-0.25, -0.2) is 14.6 Å². The van der Waals surface area contributed by atoms with E-state index >= 15 is 0 Å². The maximum atomic E-state index is 12.4. The van der Waals surface area contributed by atoms with Crippen LogP contribution in [-0.4, -0.2) is 31.8 Å². The van der Waals surface area contributed by atoms with Crippen molar-refractivity contribution in [3.63, 3.8) is 0 Å². The van der Waals surface area contributed by atoms with E-state index in [1.54, 1.807) is 25.3 Å². The van der Waals surface area contributed by atoms with Crippen molar-refractivity contribution in [2.24, 2.45) is 0 Å². The smallest absolute Gasteiger partial charge is 0.261 e. The maximum Gasteiger partial charge on any atom is 0.261 e. The van der Waals surface area contributed by atoms with Crippen molar-refractivity contribution >= 4 is 5.91 Å². The summed E-state index contributed by atoms with van der Waals surface area (Å²) in [5.74, 6) is 1.93. The van der Waals surface area contributed by atoms with Gasteiger partial charge in [0.1, 0.15) is 5.82 Å². The molecule has 0 aliphatic carbocycles. The van der Waals surface area contributed by atoms with Gasteiger partial charge < -0.3 is 10.1 Å². The third kappa shape index (κ3) is 3.49. The normalized spacial score (nSPS) is 18.1. The molecule has 0 aromatic carbocycles. The van der Waals surface area contributed by atoms with E-state index in [2.05, 4.69) is 20.4 Å². The number of amides is 1. The fourth-order valence-electron chi connectivity index (χ4n) is 2.63. The summed E-state index contributed by atoms with van der Waals surface area (Å²) in [4.78, 5) is 21.0. The zero-order valence-electron chi connectivity index (χ0n) is 13.4. The standard InChI is InChI=1S/C16H21N5O2/c1-3-13-19-15-12(7-6-10-21(15)20-13)18-16(22)11(2)23-14-8-4-5-9-17-14/h4-5,8-9,11-12H,3,6-7,10H2,1-2H3,(H,18,22)/t11-,12-/m1/s1. The van der Waals surface area contributed by atoms with Crippen LogP contribution in [0.15, 0.2) is 24.4 Å². The van der Waals surface area contributed by atoms with Gasteiger partial charge in [0.2, 0.25) is 5.88 Å². The molecule has 7 nitrogen and oxygen atoms in total. The Bertz CT molecular complexity index is 670. The number of carbonyl (C=O) groups is 1. The lowest BCUT2D eigenvalue weighted by Crippen LogP contribution is -2.40. The van der Waals surface area contributed by atoms with Gasteiger partial charge in [-0.1, -0.05) is 13.0 Å². The molecule has 1 aliphatic rings. The molecule has 0 saturated carbocycles. The summed E-state index contributed by atoms with van der Waals surface area (Å²) in [7, 11) is 0. The van der Waals surface area contributed by atoms with Gasteiger partial charge in [0.15, 0.2) is 11.9 Å². The second kappa shape index (κ2) is 6.76. The molecule has 2 atom stereocenters. The van der Waals surface area contributed by atoms with Crippen LogP contribution in [0.5, 0.6) is 5.88 Å². The highest BCUT2D eigenvalue weighted by Gasteiger charge is 2.27. The van der Waals surface area contributed by atoms with Gasteiger partial charge in [0.05, 0.1) is 6.04 Å². The zero-order valence-corrected chi connectivity index (χ0v) is 13.4. The van der Waals surface area contributed by atoms with Crippen molar-refractivity contribution in [3.8, 4) is 5.88 Å². The van der Waals surface area contributed by atoms with Crippen LogP contribution in [0.25, 0.3) is 0 Å². The van der Waals surface area contributed by atoms with Gasteiger partial charge in [-0.15, -0.1) is 0 Å². The second-order valence-corrected chi connectivity index (χ2v) is 5.59. The van der Waals surface area contributed by atoms with E-state index < -0.39 is 6.10 Å². The molecule has 0 fully saturated rings. The summed E-state index contributed by atoms with van der Waals surface area (Å²) in [6.07, 6.45) is 3.65. The van der Waals surface area contributed by atoms with E-state index in [0.717, 1.165) is 37.5 Å². The molecule has 1 N–H and O–H groups in total. The molecule has 122 valence electrons. The van der Waals surface area contributed by atoms with E-state index in [9.17, 15) is 4.79 Å². The number of ether oxygens (including phenoxy) is 1. The number of nitrogens with zero attached hydrogens (tertiary/aromatic N) is 4. The third-order valence-corrected chi connectivity index (χ3v) is 3.86. The van der Waals surface area contributed by atoms with Crippen LogP contribution in [0.2, 0.25) is 0 Å². The average molecular weight is 315 g/mol. The molecule has 3 heterocycles. The van der Waals surface area contributed by atoms with Crippen molar-refractivity contribution in [2.75, 3.05) is 0 Å². The minimum Gasteiger partial charge on any atom is -0.465 e. The number of hydrogen-bond donors (Lipinski definition) is 1. The molecule has 3 rings (SSSR count). The quantitative estimate of drug-likeness (QED) is 0.907. The summed E-state index contributed by atoms with van der Waals surface area (Å²) in [5.41, 5.74) is 0. The first kappa shape index (κ1) is 15.5. The number of fused-ring (bicyclic) bond motifs is 1. The predicted octanol–water partition coefficient (Wildman–Crippen LogP) is 1.65. The lowest BCUT2D eigenvalue weighted by molar-refractivity contribution is -0.128. The van der Waals surface area contributed by atoms with Crippen molar-refractivity contribution < 1.29 is 9.53 Å². The Kier molecular flexibility index (Phi) is 4.55. The molecule has 0 radical (unpaired) electrons. The van der Waals surface area contributed by atoms with E-state index in [1.165, 1.54) is 0 Å². The van der Waals surface area contributed by atoms with Crippen LogP contribution in [0.3, 0.4) is 0 Å². The van der Waals surface area contributed by atoms with E-state index in [-0.39, 0.29) is 11.9 Å². The number of rotatable bonds is 5. The number of hydrogen-bond acceptors (Lipinski definition) is 5. The Morgan fingerprint density at radius 2 is 2.39 bits per heavy atom. The Balaban J connectivity index is 1.65. The van der Waals surface area contributed by atoms with Gasteiger partial charge in [-0.3, -0.25) is 4.79 Å². The van der Waals surface area contributed by atoms with Crippen LogP contribution >= 0.6 is 0 Å². The van der Waals surface area contributed by atoms with E-state index in [0.29, 0.717) is 5.88 Å². The molecule has 1 aliphatic heterocycles. The molecule has 1 amide bonds. The fraction of sp³-hybridized carbons (Fsp3) is 0.500. The highest BCUT2D eigenvalue weighted by Crippen LogP contribution is 2.23. The summed E-state index contributed by atoms with van der Waals surface area (Å²) in [6, 6.07) is 5.24. The van der Waals surface area contributed by atoms with Crippen molar-refractivity contribution in [1.82, 2.24) is 25.1 Å². The molecule has 0 unspecified atom stereocenters.